The average molecular weight is 242 g/mol. The minimum atomic E-state index is -3.30. The molecule has 14 heavy (non-hydrogen) atoms. The van der Waals surface area contributed by atoms with Crippen molar-refractivity contribution in [3.8, 4) is 0 Å². The molecule has 1 fully saturated rings. The van der Waals surface area contributed by atoms with Gasteiger partial charge < -0.3 is 4.74 Å². The molecule has 1 aliphatic rings. The molecule has 0 atom stereocenters. The number of nitrogens with zero attached hydrogens (tertiary/aromatic N) is 1. The Morgan fingerprint density at radius 2 is 1.86 bits per heavy atom. The van der Waals surface area contributed by atoms with Gasteiger partial charge in [-0.2, -0.15) is 0 Å². The van der Waals surface area contributed by atoms with E-state index in [0.29, 0.717) is 6.42 Å². The molecule has 0 spiro atoms. The monoisotopic (exact) mass is 241 g/mol. The largest absolute Gasteiger partial charge is 0.379 e. The van der Waals surface area contributed by atoms with Gasteiger partial charge in [0.05, 0.1) is 19.0 Å². The minimum absolute atomic E-state index is 0.0822. The zero-order chi connectivity index (χ0) is 10.4. The molecule has 4 nitrogen and oxygen atoms in total. The summed E-state index contributed by atoms with van der Waals surface area (Å²) in [5, 5.41) is 0. The first-order chi connectivity index (χ1) is 6.58. The molecule has 1 rings (SSSR count). The van der Waals surface area contributed by atoms with Crippen LogP contribution in [0, 0.1) is 0 Å². The third kappa shape index (κ3) is 5.80. The van der Waals surface area contributed by atoms with Crippen LogP contribution in [0.1, 0.15) is 12.8 Å². The molecule has 0 aliphatic carbocycles. The first kappa shape index (κ1) is 12.2. The van der Waals surface area contributed by atoms with Gasteiger partial charge in [-0.05, 0) is 19.4 Å². The molecule has 0 amide bonds. The molecule has 0 aromatic heterocycles. The van der Waals surface area contributed by atoms with Gasteiger partial charge in [0.2, 0.25) is 9.05 Å². The van der Waals surface area contributed by atoms with Crippen molar-refractivity contribution in [2.45, 2.75) is 12.8 Å². The summed E-state index contributed by atoms with van der Waals surface area (Å²) >= 11 is 0. The Hall–Kier alpha value is 0.160. The predicted molar refractivity (Wildman–Crippen MR) is 56.1 cm³/mol. The van der Waals surface area contributed by atoms with Gasteiger partial charge >= 0.3 is 0 Å². The summed E-state index contributed by atoms with van der Waals surface area (Å²) in [5.41, 5.74) is 0. The van der Waals surface area contributed by atoms with Gasteiger partial charge in [0.1, 0.15) is 0 Å². The molecule has 0 aromatic rings. The van der Waals surface area contributed by atoms with Gasteiger partial charge in [-0.1, -0.05) is 0 Å². The first-order valence-electron chi connectivity index (χ1n) is 4.80. The van der Waals surface area contributed by atoms with E-state index in [1.54, 1.807) is 0 Å². The van der Waals surface area contributed by atoms with Crippen molar-refractivity contribution in [2.75, 3.05) is 38.6 Å². The molecule has 0 bridgehead atoms. The number of hydrogen-bond donors (Lipinski definition) is 0. The van der Waals surface area contributed by atoms with Crippen molar-refractivity contribution >= 4 is 19.7 Å². The number of unbranched alkanes of at least 4 members (excludes halogenated alkanes) is 1. The topological polar surface area (TPSA) is 46.6 Å². The smallest absolute Gasteiger partial charge is 0.232 e. The van der Waals surface area contributed by atoms with E-state index in [-0.39, 0.29) is 5.75 Å². The van der Waals surface area contributed by atoms with Crippen LogP contribution in [0.3, 0.4) is 0 Å². The summed E-state index contributed by atoms with van der Waals surface area (Å²) < 4.78 is 26.4. The average Bonchev–Trinajstić information content (AvgIpc) is 2.13. The fraction of sp³-hybridized carbons (Fsp3) is 1.00. The minimum Gasteiger partial charge on any atom is -0.379 e. The van der Waals surface area contributed by atoms with Crippen LogP contribution < -0.4 is 0 Å². The lowest BCUT2D eigenvalue weighted by atomic mass is 10.3. The van der Waals surface area contributed by atoms with Gasteiger partial charge in [0.15, 0.2) is 0 Å². The number of ether oxygens (including phenoxy) is 1. The van der Waals surface area contributed by atoms with Crippen LogP contribution in [0.5, 0.6) is 0 Å². The molecular weight excluding hydrogens is 226 g/mol. The van der Waals surface area contributed by atoms with Crippen LogP contribution in [-0.4, -0.2) is 51.9 Å². The van der Waals surface area contributed by atoms with Crippen molar-refractivity contribution in [3.63, 3.8) is 0 Å². The van der Waals surface area contributed by atoms with Crippen LogP contribution >= 0.6 is 10.7 Å². The maximum absolute atomic E-state index is 10.6. The molecule has 1 saturated heterocycles. The fourth-order valence-electron chi connectivity index (χ4n) is 1.43. The number of halogens is 1. The molecule has 1 aliphatic heterocycles. The molecule has 0 radical (unpaired) electrons. The Morgan fingerprint density at radius 3 is 2.43 bits per heavy atom. The van der Waals surface area contributed by atoms with Gasteiger partial charge in [-0.15, -0.1) is 0 Å². The molecule has 0 unspecified atom stereocenters. The Bertz CT molecular complexity index is 249. The van der Waals surface area contributed by atoms with Crippen LogP contribution in [0.25, 0.3) is 0 Å². The summed E-state index contributed by atoms with van der Waals surface area (Å²) in [4.78, 5) is 2.28. The van der Waals surface area contributed by atoms with E-state index in [0.717, 1.165) is 39.3 Å². The molecule has 1 heterocycles. The molecule has 0 N–H and O–H groups in total. The van der Waals surface area contributed by atoms with E-state index in [1.807, 2.05) is 0 Å². The van der Waals surface area contributed by atoms with E-state index < -0.39 is 9.05 Å². The van der Waals surface area contributed by atoms with E-state index >= 15 is 0 Å². The molecule has 0 saturated carbocycles. The van der Waals surface area contributed by atoms with Crippen molar-refractivity contribution < 1.29 is 13.2 Å². The lowest BCUT2D eigenvalue weighted by Crippen LogP contribution is -2.36. The second-order valence-corrected chi connectivity index (χ2v) is 6.30. The highest BCUT2D eigenvalue weighted by Gasteiger charge is 2.10. The maximum atomic E-state index is 10.6. The zero-order valence-corrected chi connectivity index (χ0v) is 9.69. The molecule has 84 valence electrons. The Balaban J connectivity index is 2.03. The summed E-state index contributed by atoms with van der Waals surface area (Å²) in [6.45, 7) is 4.42. The second kappa shape index (κ2) is 5.90. The standard InChI is InChI=1S/C8H16ClNO3S/c9-14(11,12)8-2-1-3-10-4-6-13-7-5-10/h1-8H2. The predicted octanol–water partition coefficient (Wildman–Crippen LogP) is 0.667. The lowest BCUT2D eigenvalue weighted by Gasteiger charge is -2.26. The van der Waals surface area contributed by atoms with Crippen molar-refractivity contribution in [1.29, 1.82) is 0 Å². The quantitative estimate of drug-likeness (QED) is 0.524. The highest BCUT2D eigenvalue weighted by Crippen LogP contribution is 2.04. The van der Waals surface area contributed by atoms with Crippen LogP contribution in [0.4, 0.5) is 0 Å². The molecule has 6 heteroatoms. The van der Waals surface area contributed by atoms with E-state index in [1.165, 1.54) is 0 Å². The molecule has 0 aromatic carbocycles. The highest BCUT2D eigenvalue weighted by atomic mass is 35.7. The second-order valence-electron chi connectivity index (χ2n) is 3.40. The van der Waals surface area contributed by atoms with Crippen molar-refractivity contribution in [1.82, 2.24) is 4.90 Å². The zero-order valence-electron chi connectivity index (χ0n) is 8.12. The van der Waals surface area contributed by atoms with Gasteiger partial charge in [-0.3, -0.25) is 4.90 Å². The number of rotatable bonds is 5. The molecular formula is C8H16ClNO3S. The summed E-state index contributed by atoms with van der Waals surface area (Å²) in [6.07, 6.45) is 1.52. The van der Waals surface area contributed by atoms with Crippen molar-refractivity contribution in [2.24, 2.45) is 0 Å². The van der Waals surface area contributed by atoms with Crippen LogP contribution in [0.15, 0.2) is 0 Å². The van der Waals surface area contributed by atoms with E-state index in [2.05, 4.69) is 4.90 Å². The first-order valence-corrected chi connectivity index (χ1v) is 7.28. The normalized spacial score (nSPS) is 19.8. The van der Waals surface area contributed by atoms with Gasteiger partial charge in [0, 0.05) is 23.8 Å². The number of morpholine rings is 1. The summed E-state index contributed by atoms with van der Waals surface area (Å²) in [5.74, 6) is 0.0822. The SMILES string of the molecule is O=S(=O)(Cl)CCCCN1CCOCC1. The van der Waals surface area contributed by atoms with E-state index in [4.69, 9.17) is 15.4 Å². The number of hydrogen-bond acceptors (Lipinski definition) is 4. The maximum Gasteiger partial charge on any atom is 0.232 e. The third-order valence-electron chi connectivity index (χ3n) is 2.22. The van der Waals surface area contributed by atoms with Crippen LogP contribution in [0.2, 0.25) is 0 Å². The Labute approximate surface area is 89.6 Å². The van der Waals surface area contributed by atoms with E-state index in [9.17, 15) is 8.42 Å². The van der Waals surface area contributed by atoms with Crippen molar-refractivity contribution in [3.05, 3.63) is 0 Å². The summed E-state index contributed by atoms with van der Waals surface area (Å²) in [6, 6.07) is 0. The summed E-state index contributed by atoms with van der Waals surface area (Å²) in [7, 11) is 1.80. The van der Waals surface area contributed by atoms with Gasteiger partial charge in [0.25, 0.3) is 0 Å². The fourth-order valence-corrected chi connectivity index (χ4v) is 2.31. The van der Waals surface area contributed by atoms with Crippen LogP contribution in [-0.2, 0) is 13.8 Å². The Morgan fingerprint density at radius 1 is 1.21 bits per heavy atom. The lowest BCUT2D eigenvalue weighted by molar-refractivity contribution is 0.0374. The third-order valence-corrected chi connectivity index (χ3v) is 3.46. The van der Waals surface area contributed by atoms with Gasteiger partial charge in [-0.25, -0.2) is 8.42 Å². The highest BCUT2D eigenvalue weighted by molar-refractivity contribution is 8.13. The Kier molecular flexibility index (Phi) is 5.15.